The first-order valence-corrected chi connectivity index (χ1v) is 9.78. The fourth-order valence-corrected chi connectivity index (χ4v) is 3.94. The topological polar surface area (TPSA) is 75.0 Å². The Balaban J connectivity index is 1.23. The largest absolute Gasteiger partial charge is 0.486 e. The van der Waals surface area contributed by atoms with Gasteiger partial charge in [0.2, 0.25) is 0 Å². The number of aryl methyl sites for hydroxylation is 2. The molecule has 0 spiro atoms. The molecule has 0 N–H and O–H groups in total. The molecule has 0 amide bonds. The molecule has 2 aliphatic rings. The van der Waals surface area contributed by atoms with Gasteiger partial charge in [-0.3, -0.25) is 9.59 Å². The zero-order chi connectivity index (χ0) is 19.8. The van der Waals surface area contributed by atoms with Crippen molar-refractivity contribution >= 4 is 22.7 Å². The number of hydrogen-bond donors (Lipinski definition) is 0. The fourth-order valence-electron chi connectivity index (χ4n) is 3.94. The van der Waals surface area contributed by atoms with Crippen molar-refractivity contribution in [2.45, 2.75) is 25.7 Å². The van der Waals surface area contributed by atoms with Crippen molar-refractivity contribution in [1.82, 2.24) is 0 Å². The first kappa shape index (κ1) is 17.8. The number of carbonyl (C=O) groups is 2. The molecule has 29 heavy (non-hydrogen) atoms. The van der Waals surface area contributed by atoms with Gasteiger partial charge in [0.25, 0.3) is 0 Å². The van der Waals surface area contributed by atoms with Gasteiger partial charge < -0.3 is 18.6 Å². The minimum absolute atomic E-state index is 0.0696. The van der Waals surface area contributed by atoms with Gasteiger partial charge in [-0.25, -0.2) is 0 Å². The Morgan fingerprint density at radius 3 is 2.62 bits per heavy atom. The van der Waals surface area contributed by atoms with E-state index in [1.54, 1.807) is 24.5 Å². The maximum atomic E-state index is 12.4. The number of fused-ring (bicyclic) bond motifs is 3. The summed E-state index contributed by atoms with van der Waals surface area (Å²) in [6.07, 6.45) is 4.96. The van der Waals surface area contributed by atoms with Gasteiger partial charge in [0, 0.05) is 16.5 Å². The fraction of sp³-hybridized carbons (Fsp3) is 0.304. The van der Waals surface area contributed by atoms with Crippen molar-refractivity contribution in [3.63, 3.8) is 0 Å². The molecule has 0 radical (unpaired) electrons. The molecule has 0 fully saturated rings. The highest BCUT2D eigenvalue weighted by Crippen LogP contribution is 2.32. The molecular weight excluding hydrogens is 372 g/mol. The van der Waals surface area contributed by atoms with E-state index in [-0.39, 0.29) is 18.8 Å². The highest BCUT2D eigenvalue weighted by Gasteiger charge is 2.19. The third-order valence-corrected chi connectivity index (χ3v) is 5.43. The van der Waals surface area contributed by atoms with Gasteiger partial charge in [0.05, 0.1) is 12.7 Å². The Bertz CT molecular complexity index is 1110. The monoisotopic (exact) mass is 392 g/mol. The number of rotatable bonds is 5. The average Bonchev–Trinajstić information content (AvgIpc) is 3.36. The van der Waals surface area contributed by atoms with Crippen LogP contribution in [0, 0.1) is 0 Å². The van der Waals surface area contributed by atoms with E-state index in [2.05, 4.69) is 12.1 Å². The summed E-state index contributed by atoms with van der Waals surface area (Å²) in [4.78, 5) is 24.7. The lowest BCUT2D eigenvalue weighted by Crippen LogP contribution is -2.18. The molecule has 5 rings (SSSR count). The number of ketones is 1. The number of carbonyl (C=O) groups excluding carboxylic acids is 2. The predicted octanol–water partition coefficient (Wildman–Crippen LogP) is 3.66. The van der Waals surface area contributed by atoms with Crippen LogP contribution >= 0.6 is 0 Å². The molecule has 0 bridgehead atoms. The van der Waals surface area contributed by atoms with Crippen LogP contribution in [0.1, 0.15) is 33.5 Å². The van der Waals surface area contributed by atoms with E-state index in [1.807, 2.05) is 0 Å². The average molecular weight is 392 g/mol. The number of benzene rings is 2. The zero-order valence-electron chi connectivity index (χ0n) is 15.9. The molecule has 2 heterocycles. The standard InChI is InChI=1S/C23H20O6/c24-19(16-4-5-20-22(10-16)27-7-6-26-20)13-29-23(25)11-17-12-28-21-9-15-3-1-2-14(15)8-18(17)21/h4-5,8-10,12H,1-3,6-7,11,13H2. The quantitative estimate of drug-likeness (QED) is 0.487. The lowest BCUT2D eigenvalue weighted by atomic mass is 10.0. The van der Waals surface area contributed by atoms with E-state index in [0.717, 1.165) is 35.8 Å². The second-order valence-electron chi connectivity index (χ2n) is 7.35. The van der Waals surface area contributed by atoms with Crippen molar-refractivity contribution in [2.24, 2.45) is 0 Å². The first-order valence-electron chi connectivity index (χ1n) is 9.78. The molecule has 1 aromatic heterocycles. The van der Waals surface area contributed by atoms with Crippen LogP contribution in [0.25, 0.3) is 11.0 Å². The van der Waals surface area contributed by atoms with Crippen molar-refractivity contribution < 1.29 is 28.2 Å². The summed E-state index contributed by atoms with van der Waals surface area (Å²) in [6.45, 7) is 0.620. The van der Waals surface area contributed by atoms with Crippen LogP contribution in [0.4, 0.5) is 0 Å². The third-order valence-electron chi connectivity index (χ3n) is 5.43. The van der Waals surface area contributed by atoms with Crippen molar-refractivity contribution in [2.75, 3.05) is 19.8 Å². The molecule has 2 aromatic carbocycles. The Morgan fingerprint density at radius 1 is 0.966 bits per heavy atom. The SMILES string of the molecule is O=C(Cc1coc2cc3c(cc12)CCC3)OCC(=O)c1ccc2c(c1)OCCO2. The van der Waals surface area contributed by atoms with Crippen LogP contribution in [0.3, 0.4) is 0 Å². The molecule has 0 saturated heterocycles. The molecule has 0 saturated carbocycles. The molecule has 0 unspecified atom stereocenters. The highest BCUT2D eigenvalue weighted by atomic mass is 16.6. The summed E-state index contributed by atoms with van der Waals surface area (Å²) >= 11 is 0. The Labute approximate surface area is 167 Å². The minimum Gasteiger partial charge on any atom is -0.486 e. The van der Waals surface area contributed by atoms with E-state index in [9.17, 15) is 9.59 Å². The van der Waals surface area contributed by atoms with Gasteiger partial charge in [-0.05, 0) is 60.7 Å². The summed E-state index contributed by atoms with van der Waals surface area (Å²) in [5.74, 6) is 0.401. The van der Waals surface area contributed by atoms with E-state index in [0.29, 0.717) is 30.3 Å². The molecular formula is C23H20O6. The highest BCUT2D eigenvalue weighted by molar-refractivity contribution is 5.98. The Morgan fingerprint density at radius 2 is 1.76 bits per heavy atom. The van der Waals surface area contributed by atoms with Gasteiger partial charge >= 0.3 is 5.97 Å². The normalized spacial score (nSPS) is 14.6. The van der Waals surface area contributed by atoms with E-state index >= 15 is 0 Å². The predicted molar refractivity (Wildman–Crippen MR) is 105 cm³/mol. The van der Waals surface area contributed by atoms with Crippen molar-refractivity contribution in [1.29, 1.82) is 0 Å². The maximum absolute atomic E-state index is 12.4. The molecule has 148 valence electrons. The maximum Gasteiger partial charge on any atom is 0.310 e. The summed E-state index contributed by atoms with van der Waals surface area (Å²) in [5, 5.41) is 0.945. The summed E-state index contributed by atoms with van der Waals surface area (Å²) in [6, 6.07) is 9.14. The molecule has 6 heteroatoms. The van der Waals surface area contributed by atoms with Crippen molar-refractivity contribution in [3.05, 3.63) is 58.8 Å². The lowest BCUT2D eigenvalue weighted by molar-refractivity contribution is -0.141. The van der Waals surface area contributed by atoms with Gasteiger partial charge in [0.15, 0.2) is 23.9 Å². The zero-order valence-corrected chi connectivity index (χ0v) is 15.9. The van der Waals surface area contributed by atoms with E-state index in [4.69, 9.17) is 18.6 Å². The first-order chi connectivity index (χ1) is 14.2. The van der Waals surface area contributed by atoms with E-state index in [1.165, 1.54) is 11.1 Å². The Kier molecular flexibility index (Phi) is 4.46. The van der Waals surface area contributed by atoms with Gasteiger partial charge in [-0.1, -0.05) is 0 Å². The third kappa shape index (κ3) is 3.46. The molecule has 3 aromatic rings. The summed E-state index contributed by atoms with van der Waals surface area (Å²) < 4.78 is 21.8. The lowest BCUT2D eigenvalue weighted by Gasteiger charge is -2.18. The smallest absolute Gasteiger partial charge is 0.310 e. The molecule has 1 aliphatic heterocycles. The van der Waals surface area contributed by atoms with Crippen LogP contribution in [0.5, 0.6) is 11.5 Å². The van der Waals surface area contributed by atoms with Crippen LogP contribution in [-0.2, 0) is 28.8 Å². The number of hydrogen-bond acceptors (Lipinski definition) is 6. The summed E-state index contributed by atoms with van der Waals surface area (Å²) in [7, 11) is 0. The number of Topliss-reactive ketones (excluding diaryl/α,β-unsaturated/α-hetero) is 1. The van der Waals surface area contributed by atoms with E-state index < -0.39 is 5.97 Å². The second-order valence-corrected chi connectivity index (χ2v) is 7.35. The molecule has 6 nitrogen and oxygen atoms in total. The van der Waals surface area contributed by atoms with Crippen LogP contribution < -0.4 is 9.47 Å². The van der Waals surface area contributed by atoms with Crippen molar-refractivity contribution in [3.8, 4) is 11.5 Å². The second kappa shape index (κ2) is 7.28. The van der Waals surface area contributed by atoms with Crippen LogP contribution in [-0.4, -0.2) is 31.6 Å². The molecule has 0 atom stereocenters. The summed E-state index contributed by atoms with van der Waals surface area (Å²) in [5.41, 5.74) is 4.65. The number of ether oxygens (including phenoxy) is 3. The van der Waals surface area contributed by atoms with Gasteiger partial charge in [0.1, 0.15) is 18.8 Å². The molecule has 1 aliphatic carbocycles. The van der Waals surface area contributed by atoms with Crippen LogP contribution in [0.15, 0.2) is 41.0 Å². The van der Waals surface area contributed by atoms with Gasteiger partial charge in [-0.15, -0.1) is 0 Å². The minimum atomic E-state index is -0.459. The number of furan rings is 1. The Hall–Kier alpha value is -3.28. The number of esters is 1. The van der Waals surface area contributed by atoms with Crippen LogP contribution in [0.2, 0.25) is 0 Å². The van der Waals surface area contributed by atoms with Gasteiger partial charge in [-0.2, -0.15) is 0 Å².